The van der Waals surface area contributed by atoms with E-state index in [-0.39, 0.29) is 5.95 Å². The Balaban J connectivity index is 2.27. The molecule has 0 unspecified atom stereocenters. The van der Waals surface area contributed by atoms with E-state index in [1.807, 2.05) is 24.4 Å². The molecule has 0 atom stereocenters. The topological polar surface area (TPSA) is 97.8 Å². The lowest BCUT2D eigenvalue weighted by Gasteiger charge is -1.93. The van der Waals surface area contributed by atoms with Gasteiger partial charge in [0.05, 0.1) is 0 Å². The SMILES string of the molecule is Nc1n[nH]c(-c2nnc3ccccn23)n1. The van der Waals surface area contributed by atoms with Crippen LogP contribution in [0.5, 0.6) is 0 Å². The molecule has 3 aromatic heterocycles. The van der Waals surface area contributed by atoms with Gasteiger partial charge in [-0.05, 0) is 12.1 Å². The molecule has 3 heterocycles. The number of nitrogens with two attached hydrogens (primary N) is 1. The van der Waals surface area contributed by atoms with Gasteiger partial charge in [0.1, 0.15) is 0 Å². The number of aromatic amines is 1. The Labute approximate surface area is 84.0 Å². The second-order valence-electron chi connectivity index (χ2n) is 2.99. The van der Waals surface area contributed by atoms with Crippen LogP contribution in [0.3, 0.4) is 0 Å². The van der Waals surface area contributed by atoms with Gasteiger partial charge in [0.2, 0.25) is 11.8 Å². The third-order valence-corrected chi connectivity index (χ3v) is 2.03. The fourth-order valence-corrected chi connectivity index (χ4v) is 1.38. The molecule has 3 rings (SSSR count). The summed E-state index contributed by atoms with van der Waals surface area (Å²) in [4.78, 5) is 3.99. The molecule has 0 amide bonds. The highest BCUT2D eigenvalue weighted by Crippen LogP contribution is 2.13. The van der Waals surface area contributed by atoms with Crippen molar-refractivity contribution in [3.63, 3.8) is 0 Å². The fraction of sp³-hybridized carbons (Fsp3) is 0. The molecule has 3 aromatic rings. The second-order valence-corrected chi connectivity index (χ2v) is 2.99. The van der Waals surface area contributed by atoms with Crippen LogP contribution < -0.4 is 5.73 Å². The van der Waals surface area contributed by atoms with Crippen molar-refractivity contribution in [1.29, 1.82) is 0 Å². The quantitative estimate of drug-likeness (QED) is 0.581. The van der Waals surface area contributed by atoms with E-state index in [2.05, 4.69) is 25.4 Å². The van der Waals surface area contributed by atoms with Gasteiger partial charge in [0, 0.05) is 6.20 Å². The maximum absolute atomic E-state index is 5.42. The lowest BCUT2D eigenvalue weighted by molar-refractivity contribution is 1.04. The first-order valence-corrected chi connectivity index (χ1v) is 4.32. The van der Waals surface area contributed by atoms with Crippen molar-refractivity contribution in [1.82, 2.24) is 29.8 Å². The molecule has 0 fully saturated rings. The molecule has 0 aliphatic carbocycles. The van der Waals surface area contributed by atoms with E-state index < -0.39 is 0 Å². The number of hydrogen-bond donors (Lipinski definition) is 2. The summed E-state index contributed by atoms with van der Waals surface area (Å²) in [6, 6.07) is 5.64. The van der Waals surface area contributed by atoms with Crippen molar-refractivity contribution >= 4 is 11.6 Å². The largest absolute Gasteiger partial charge is 0.366 e. The summed E-state index contributed by atoms with van der Waals surface area (Å²) in [6.45, 7) is 0. The average Bonchev–Trinajstić information content (AvgIpc) is 2.83. The summed E-state index contributed by atoms with van der Waals surface area (Å²) in [5.41, 5.74) is 6.17. The summed E-state index contributed by atoms with van der Waals surface area (Å²) in [7, 11) is 0. The molecule has 0 radical (unpaired) electrons. The van der Waals surface area contributed by atoms with E-state index in [4.69, 9.17) is 5.73 Å². The van der Waals surface area contributed by atoms with Crippen molar-refractivity contribution in [3.05, 3.63) is 24.4 Å². The number of hydrogen-bond acceptors (Lipinski definition) is 5. The zero-order valence-corrected chi connectivity index (χ0v) is 7.62. The van der Waals surface area contributed by atoms with Gasteiger partial charge in [0.15, 0.2) is 11.5 Å². The molecule has 0 spiro atoms. The predicted molar refractivity (Wildman–Crippen MR) is 52.8 cm³/mol. The number of fused-ring (bicyclic) bond motifs is 1. The van der Waals surface area contributed by atoms with Crippen molar-refractivity contribution in [2.45, 2.75) is 0 Å². The van der Waals surface area contributed by atoms with Crippen molar-refractivity contribution in [2.75, 3.05) is 5.73 Å². The van der Waals surface area contributed by atoms with Crippen LogP contribution in [0.1, 0.15) is 0 Å². The molecular formula is C8H7N7. The molecule has 7 nitrogen and oxygen atoms in total. The van der Waals surface area contributed by atoms with E-state index in [1.165, 1.54) is 0 Å². The van der Waals surface area contributed by atoms with E-state index in [0.717, 1.165) is 5.65 Å². The number of pyridine rings is 1. The minimum atomic E-state index is 0.192. The van der Waals surface area contributed by atoms with Crippen LogP contribution >= 0.6 is 0 Å². The molecular weight excluding hydrogens is 194 g/mol. The van der Waals surface area contributed by atoms with Gasteiger partial charge in [-0.1, -0.05) is 6.07 Å². The number of nitrogens with zero attached hydrogens (tertiary/aromatic N) is 5. The third kappa shape index (κ3) is 1.13. The van der Waals surface area contributed by atoms with E-state index >= 15 is 0 Å². The summed E-state index contributed by atoms with van der Waals surface area (Å²) in [5.74, 6) is 1.29. The van der Waals surface area contributed by atoms with Gasteiger partial charge in [0.25, 0.3) is 0 Å². The van der Waals surface area contributed by atoms with Crippen molar-refractivity contribution in [3.8, 4) is 11.6 Å². The maximum Gasteiger partial charge on any atom is 0.239 e. The lowest BCUT2D eigenvalue weighted by Crippen LogP contribution is -1.90. The molecule has 0 saturated heterocycles. The molecule has 0 aliphatic rings. The zero-order chi connectivity index (χ0) is 10.3. The second kappa shape index (κ2) is 2.77. The Morgan fingerprint density at radius 3 is 3.00 bits per heavy atom. The van der Waals surface area contributed by atoms with Crippen LogP contribution in [0.15, 0.2) is 24.4 Å². The number of rotatable bonds is 1. The highest BCUT2D eigenvalue weighted by Gasteiger charge is 2.10. The summed E-state index contributed by atoms with van der Waals surface area (Å²) in [6.07, 6.45) is 1.85. The van der Waals surface area contributed by atoms with Crippen LogP contribution in [-0.4, -0.2) is 29.8 Å². The lowest BCUT2D eigenvalue weighted by atomic mass is 10.4. The minimum absolute atomic E-state index is 0.192. The van der Waals surface area contributed by atoms with Gasteiger partial charge in [-0.15, -0.1) is 15.3 Å². The van der Waals surface area contributed by atoms with Crippen LogP contribution in [-0.2, 0) is 0 Å². The zero-order valence-electron chi connectivity index (χ0n) is 7.62. The Hall–Kier alpha value is -2.44. The van der Waals surface area contributed by atoms with Gasteiger partial charge in [-0.25, -0.2) is 0 Å². The number of nitrogen functional groups attached to an aromatic ring is 1. The van der Waals surface area contributed by atoms with Crippen LogP contribution in [0.25, 0.3) is 17.3 Å². The van der Waals surface area contributed by atoms with E-state index in [9.17, 15) is 0 Å². The van der Waals surface area contributed by atoms with Gasteiger partial charge >= 0.3 is 0 Å². The van der Waals surface area contributed by atoms with Crippen LogP contribution in [0.4, 0.5) is 5.95 Å². The van der Waals surface area contributed by atoms with Gasteiger partial charge in [-0.3, -0.25) is 9.50 Å². The highest BCUT2D eigenvalue weighted by molar-refractivity contribution is 5.52. The predicted octanol–water partition coefficient (Wildman–Crippen LogP) is 0.0966. The molecule has 3 N–H and O–H groups in total. The fourth-order valence-electron chi connectivity index (χ4n) is 1.38. The van der Waals surface area contributed by atoms with E-state index in [0.29, 0.717) is 11.6 Å². The Morgan fingerprint density at radius 1 is 1.27 bits per heavy atom. The Bertz CT molecular complexity index is 608. The molecule has 7 heteroatoms. The average molecular weight is 201 g/mol. The van der Waals surface area contributed by atoms with Gasteiger partial charge in [-0.2, -0.15) is 4.98 Å². The summed E-state index contributed by atoms with van der Waals surface area (Å²) < 4.78 is 1.81. The van der Waals surface area contributed by atoms with Crippen molar-refractivity contribution < 1.29 is 0 Å². The molecule has 0 bridgehead atoms. The summed E-state index contributed by atoms with van der Waals surface area (Å²) >= 11 is 0. The molecule has 0 aliphatic heterocycles. The normalized spacial score (nSPS) is 10.9. The standard InChI is InChI=1S/C8H7N7/c9-8-10-6(12-14-8)7-13-11-5-3-1-2-4-15(5)7/h1-4H,(H3,9,10,12,14). The smallest absolute Gasteiger partial charge is 0.239 e. The first kappa shape index (κ1) is 7.92. The maximum atomic E-state index is 5.42. The minimum Gasteiger partial charge on any atom is -0.366 e. The third-order valence-electron chi connectivity index (χ3n) is 2.03. The van der Waals surface area contributed by atoms with Gasteiger partial charge < -0.3 is 5.73 Å². The van der Waals surface area contributed by atoms with Crippen LogP contribution in [0, 0.1) is 0 Å². The highest BCUT2D eigenvalue weighted by atomic mass is 15.3. The molecule has 74 valence electrons. The number of nitrogens with one attached hydrogen (secondary N) is 1. The molecule has 0 saturated carbocycles. The Kier molecular flexibility index (Phi) is 1.46. The molecule has 0 aromatic carbocycles. The van der Waals surface area contributed by atoms with E-state index in [1.54, 1.807) is 4.40 Å². The molecule has 15 heavy (non-hydrogen) atoms. The first-order chi connectivity index (χ1) is 7.34. The monoisotopic (exact) mass is 201 g/mol. The first-order valence-electron chi connectivity index (χ1n) is 4.32. The Morgan fingerprint density at radius 2 is 2.20 bits per heavy atom. The number of H-pyrrole nitrogens is 1. The van der Waals surface area contributed by atoms with Crippen molar-refractivity contribution in [2.24, 2.45) is 0 Å². The number of anilines is 1. The number of aromatic nitrogens is 6. The summed E-state index contributed by atoms with van der Waals surface area (Å²) in [5, 5.41) is 14.4. The van der Waals surface area contributed by atoms with Crippen LogP contribution in [0.2, 0.25) is 0 Å².